The van der Waals surface area contributed by atoms with Gasteiger partial charge in [-0.25, -0.2) is 8.78 Å². The number of ether oxygens (including phenoxy) is 1. The number of carbonyl (C=O) groups is 1. The fourth-order valence-corrected chi connectivity index (χ4v) is 7.64. The second kappa shape index (κ2) is 12.8. The summed E-state index contributed by atoms with van der Waals surface area (Å²) in [5.41, 5.74) is 1.81. The van der Waals surface area contributed by atoms with Gasteiger partial charge >= 0.3 is 12.1 Å². The molecule has 0 amide bonds. The van der Waals surface area contributed by atoms with Crippen molar-refractivity contribution >= 4 is 11.7 Å². The number of anilines is 1. The minimum absolute atomic E-state index is 0.0456. The molecule has 3 heterocycles. The van der Waals surface area contributed by atoms with Crippen molar-refractivity contribution < 1.29 is 36.6 Å². The van der Waals surface area contributed by atoms with E-state index in [1.165, 1.54) is 12.1 Å². The number of piperidine rings is 1. The minimum Gasteiger partial charge on any atom is -0.489 e. The quantitative estimate of drug-likeness (QED) is 0.272. The lowest BCUT2D eigenvalue weighted by Crippen LogP contribution is -2.47. The zero-order chi connectivity index (χ0) is 32.6. The first kappa shape index (κ1) is 32.2. The monoisotopic (exact) mass is 643 g/mol. The van der Waals surface area contributed by atoms with Gasteiger partial charge in [-0.3, -0.25) is 14.6 Å². The number of carboxylic acid groups (broad SMARTS) is 1. The number of benzene rings is 3. The van der Waals surface area contributed by atoms with Gasteiger partial charge in [-0.1, -0.05) is 36.4 Å². The maximum Gasteiger partial charge on any atom is 0.401 e. The number of hydrogen-bond donors (Lipinski definition) is 1. The van der Waals surface area contributed by atoms with Crippen LogP contribution in [-0.2, 0) is 17.8 Å². The Morgan fingerprint density at radius 3 is 2.43 bits per heavy atom. The van der Waals surface area contributed by atoms with E-state index in [1.54, 1.807) is 25.1 Å². The van der Waals surface area contributed by atoms with E-state index in [4.69, 9.17) is 4.74 Å². The molecule has 3 aromatic rings. The molecule has 246 valence electrons. The van der Waals surface area contributed by atoms with E-state index in [-0.39, 0.29) is 18.4 Å². The first-order valence-corrected chi connectivity index (χ1v) is 15.7. The van der Waals surface area contributed by atoms with Gasteiger partial charge in [0.2, 0.25) is 0 Å². The summed E-state index contributed by atoms with van der Waals surface area (Å²) in [6.07, 6.45) is -1.82. The summed E-state index contributed by atoms with van der Waals surface area (Å²) in [7, 11) is 0. The molecule has 2 saturated heterocycles. The number of alkyl halides is 3. The molecule has 1 N–H and O–H groups in total. The molecular weight excluding hydrogens is 605 g/mol. The van der Waals surface area contributed by atoms with Gasteiger partial charge in [-0.05, 0) is 80.1 Å². The maximum absolute atomic E-state index is 16.1. The fraction of sp³-hybridized carbons (Fsp3) is 0.457. The van der Waals surface area contributed by atoms with E-state index in [9.17, 15) is 23.1 Å². The van der Waals surface area contributed by atoms with Crippen LogP contribution >= 0.6 is 0 Å². The first-order chi connectivity index (χ1) is 21.9. The Kier molecular flexibility index (Phi) is 9.00. The van der Waals surface area contributed by atoms with Crippen molar-refractivity contribution in [3.63, 3.8) is 0 Å². The summed E-state index contributed by atoms with van der Waals surface area (Å²) < 4.78 is 79.8. The molecule has 3 aliphatic rings. The molecular formula is C35H38F5N3O3. The highest BCUT2D eigenvalue weighted by atomic mass is 19.4. The van der Waals surface area contributed by atoms with Crippen molar-refractivity contribution in [1.82, 2.24) is 9.80 Å². The molecule has 2 fully saturated rings. The number of nitrogens with zero attached hydrogens (tertiary/aromatic N) is 3. The predicted octanol–water partition coefficient (Wildman–Crippen LogP) is 6.82. The Morgan fingerprint density at radius 1 is 1.00 bits per heavy atom. The van der Waals surface area contributed by atoms with Gasteiger partial charge in [0.15, 0.2) is 0 Å². The van der Waals surface area contributed by atoms with Gasteiger partial charge in [0.05, 0.1) is 19.1 Å². The average molecular weight is 644 g/mol. The third-order valence-corrected chi connectivity index (χ3v) is 9.67. The van der Waals surface area contributed by atoms with Crippen LogP contribution in [0, 0.1) is 17.0 Å². The Hall–Kier alpha value is -3.70. The Labute approximate surface area is 265 Å². The highest BCUT2D eigenvalue weighted by Crippen LogP contribution is 2.45. The second-order valence-corrected chi connectivity index (χ2v) is 13.1. The van der Waals surface area contributed by atoms with Crippen LogP contribution in [0.5, 0.6) is 5.75 Å². The van der Waals surface area contributed by atoms with Crippen molar-refractivity contribution in [3.05, 3.63) is 94.6 Å². The van der Waals surface area contributed by atoms with E-state index in [1.807, 2.05) is 40.1 Å². The largest absolute Gasteiger partial charge is 0.489 e. The van der Waals surface area contributed by atoms with Crippen molar-refractivity contribution in [3.8, 4) is 5.75 Å². The highest BCUT2D eigenvalue weighted by molar-refractivity contribution is 5.69. The molecule has 3 aromatic carbocycles. The van der Waals surface area contributed by atoms with Crippen LogP contribution in [0.2, 0.25) is 0 Å². The number of aliphatic carboxylic acids is 1. The molecule has 3 atom stereocenters. The van der Waals surface area contributed by atoms with Crippen LogP contribution in [0.4, 0.5) is 27.6 Å². The minimum atomic E-state index is -4.58. The molecule has 1 spiro atoms. The smallest absolute Gasteiger partial charge is 0.401 e. The number of likely N-dealkylation sites (tertiary alicyclic amines) is 1. The predicted molar refractivity (Wildman–Crippen MR) is 164 cm³/mol. The Morgan fingerprint density at radius 2 is 1.74 bits per heavy atom. The summed E-state index contributed by atoms with van der Waals surface area (Å²) in [6.45, 7) is 2.96. The van der Waals surface area contributed by atoms with Crippen molar-refractivity contribution in [2.45, 2.75) is 57.5 Å². The maximum atomic E-state index is 16.1. The standard InChI is InChI=1S/C35H38F5N3O3/c1-23-14-25-15-27(46-19-24-6-3-2-4-7-24)8-9-28(25)33(43(23)22-35(38,39)40)32-29(36)16-26(17-30(32)37)42-13-11-34(21-42)10-5-12-41(20-34)18-31(44)45/h2-4,6-9,15-17,23,33H,5,10-14,18-22H2,1H3,(H,44,45)/t23-,33?,34?/m1/s1. The third kappa shape index (κ3) is 7.00. The molecule has 0 aromatic heterocycles. The molecule has 6 nitrogen and oxygen atoms in total. The van der Waals surface area contributed by atoms with E-state index >= 15 is 8.78 Å². The van der Waals surface area contributed by atoms with Crippen LogP contribution in [0.1, 0.15) is 54.5 Å². The highest BCUT2D eigenvalue weighted by Gasteiger charge is 2.44. The summed E-state index contributed by atoms with van der Waals surface area (Å²) in [6, 6.07) is 15.1. The van der Waals surface area contributed by atoms with Crippen LogP contribution in [0.25, 0.3) is 0 Å². The number of hydrogen-bond acceptors (Lipinski definition) is 5. The lowest BCUT2D eigenvalue weighted by atomic mass is 9.79. The lowest BCUT2D eigenvalue weighted by Gasteiger charge is -2.43. The Bertz CT molecular complexity index is 1550. The summed E-state index contributed by atoms with van der Waals surface area (Å²) in [4.78, 5) is 16.2. The normalized spacial score (nSPS) is 23.9. The molecule has 0 radical (unpaired) electrons. The van der Waals surface area contributed by atoms with Gasteiger partial charge in [0.25, 0.3) is 0 Å². The van der Waals surface area contributed by atoms with Crippen molar-refractivity contribution in [1.29, 1.82) is 0 Å². The number of carboxylic acids is 1. The summed E-state index contributed by atoms with van der Waals surface area (Å²) >= 11 is 0. The number of rotatable bonds is 8. The van der Waals surface area contributed by atoms with Crippen LogP contribution in [0.3, 0.4) is 0 Å². The van der Waals surface area contributed by atoms with Crippen LogP contribution < -0.4 is 9.64 Å². The van der Waals surface area contributed by atoms with E-state index in [0.717, 1.165) is 29.7 Å². The second-order valence-electron chi connectivity index (χ2n) is 13.1. The van der Waals surface area contributed by atoms with E-state index in [0.29, 0.717) is 55.3 Å². The molecule has 46 heavy (non-hydrogen) atoms. The molecule has 0 aliphatic carbocycles. The molecule has 6 rings (SSSR count). The fourth-order valence-electron chi connectivity index (χ4n) is 7.64. The van der Waals surface area contributed by atoms with E-state index < -0.39 is 48.0 Å². The van der Waals surface area contributed by atoms with Gasteiger partial charge < -0.3 is 14.7 Å². The number of fused-ring (bicyclic) bond motifs is 1. The van der Waals surface area contributed by atoms with Gasteiger partial charge in [-0.2, -0.15) is 13.2 Å². The summed E-state index contributed by atoms with van der Waals surface area (Å²) in [5.74, 6) is -2.15. The topological polar surface area (TPSA) is 56.3 Å². The van der Waals surface area contributed by atoms with Gasteiger partial charge in [0.1, 0.15) is 24.0 Å². The van der Waals surface area contributed by atoms with Crippen molar-refractivity contribution in [2.24, 2.45) is 5.41 Å². The zero-order valence-corrected chi connectivity index (χ0v) is 25.7. The molecule has 0 bridgehead atoms. The van der Waals surface area contributed by atoms with E-state index in [2.05, 4.69) is 0 Å². The van der Waals surface area contributed by atoms with Crippen LogP contribution in [-0.4, -0.2) is 72.4 Å². The van der Waals surface area contributed by atoms with Gasteiger partial charge in [-0.15, -0.1) is 0 Å². The summed E-state index contributed by atoms with van der Waals surface area (Å²) in [5, 5.41) is 9.25. The Balaban J connectivity index is 1.29. The van der Waals surface area contributed by atoms with Crippen LogP contribution in [0.15, 0.2) is 60.7 Å². The zero-order valence-electron chi connectivity index (χ0n) is 25.7. The third-order valence-electron chi connectivity index (χ3n) is 9.67. The van der Waals surface area contributed by atoms with Gasteiger partial charge in [0, 0.05) is 42.3 Å². The average Bonchev–Trinajstić information content (AvgIpc) is 3.39. The lowest BCUT2D eigenvalue weighted by molar-refractivity contribution is -0.155. The molecule has 3 aliphatic heterocycles. The first-order valence-electron chi connectivity index (χ1n) is 15.7. The number of halogens is 5. The molecule has 0 saturated carbocycles. The molecule has 2 unspecified atom stereocenters. The SMILES string of the molecule is C[C@@H]1Cc2cc(OCc3ccccc3)ccc2C(c2c(F)cc(N3CCC4(CCCN(CC(=O)O)C4)C3)cc2F)N1CC(F)(F)F. The molecule has 11 heteroatoms. The van der Waals surface area contributed by atoms with Crippen molar-refractivity contribution in [2.75, 3.05) is 44.2 Å².